The van der Waals surface area contributed by atoms with Crippen LogP contribution in [0.25, 0.3) is 0 Å². The second-order valence-electron chi connectivity index (χ2n) is 7.11. The van der Waals surface area contributed by atoms with Crippen LogP contribution in [-0.4, -0.2) is 43.3 Å². The number of carbonyl (C=O) groups is 2. The van der Waals surface area contributed by atoms with Gasteiger partial charge in [-0.25, -0.2) is 18.0 Å². The van der Waals surface area contributed by atoms with E-state index in [1.165, 1.54) is 0 Å². The minimum Gasteiger partial charge on any atom is -0.478 e. The summed E-state index contributed by atoms with van der Waals surface area (Å²) in [7, 11) is -1.66. The summed E-state index contributed by atoms with van der Waals surface area (Å²) in [5.74, 6) is -3.06. The van der Waals surface area contributed by atoms with Crippen molar-refractivity contribution in [3.8, 4) is 0 Å². The zero-order chi connectivity index (χ0) is 26.7. The Kier molecular flexibility index (Phi) is 11.3. The lowest BCUT2D eigenvalue weighted by Gasteiger charge is -2.22. The van der Waals surface area contributed by atoms with E-state index in [0.29, 0.717) is 17.8 Å². The molecular weight excluding hydrogens is 474 g/mol. The van der Waals surface area contributed by atoms with Crippen LogP contribution in [0, 0.1) is 0 Å². The third-order valence-corrected chi connectivity index (χ3v) is 5.42. The van der Waals surface area contributed by atoms with Gasteiger partial charge in [0, 0.05) is 24.6 Å². The van der Waals surface area contributed by atoms with Gasteiger partial charge in [-0.3, -0.25) is 9.89 Å². The van der Waals surface area contributed by atoms with Crippen molar-refractivity contribution < 1.29 is 28.2 Å². The van der Waals surface area contributed by atoms with E-state index < -0.39 is 22.6 Å². The molecular formula is C23H29N5O6S. The number of hydrogen-bond donors (Lipinski definition) is 4. The van der Waals surface area contributed by atoms with Crippen molar-refractivity contribution in [3.05, 3.63) is 76.9 Å². The number of carboxylic acid groups (broad SMARTS) is 2. The molecule has 0 aliphatic rings. The first-order chi connectivity index (χ1) is 16.5. The van der Waals surface area contributed by atoms with E-state index in [4.69, 9.17) is 5.73 Å². The lowest BCUT2D eigenvalue weighted by atomic mass is 10.1. The van der Waals surface area contributed by atoms with Gasteiger partial charge in [-0.05, 0) is 44.0 Å². The molecule has 0 bridgehead atoms. The standard InChI is InChI=1S/C23H29N5O6S/c1-6-9-10-18(25-5)20(14(4)24)26-27-21(19(7-2)35(33)34)28(8-3)17-12-15(22(29)30)11-16(13-17)23(31)32/h7-8,11-13,35H,2-3,6,9-10,24H2,1,4-5H3,(H,29,30)(H,31,32)/b20-14-,21-19+,25-18-,27-26?. The average Bonchev–Trinajstić information content (AvgIpc) is 2.80. The van der Waals surface area contributed by atoms with E-state index in [2.05, 4.69) is 28.4 Å². The minimum atomic E-state index is -3.24. The smallest absolute Gasteiger partial charge is 0.335 e. The second-order valence-corrected chi connectivity index (χ2v) is 8.10. The van der Waals surface area contributed by atoms with Crippen LogP contribution in [0.15, 0.2) is 81.0 Å². The summed E-state index contributed by atoms with van der Waals surface area (Å²) < 4.78 is 24.0. The Morgan fingerprint density at radius 3 is 2.06 bits per heavy atom. The summed E-state index contributed by atoms with van der Waals surface area (Å²) in [6.45, 7) is 10.8. The van der Waals surface area contributed by atoms with Crippen molar-refractivity contribution in [1.82, 2.24) is 0 Å². The number of nitrogens with zero attached hydrogens (tertiary/aromatic N) is 4. The first kappa shape index (κ1) is 29.0. The molecule has 0 amide bonds. The van der Waals surface area contributed by atoms with Crippen LogP contribution < -0.4 is 10.6 Å². The fourth-order valence-corrected chi connectivity index (χ4v) is 3.39. The maximum atomic E-state index is 12.0. The molecule has 0 fully saturated rings. The first-order valence-electron chi connectivity index (χ1n) is 10.4. The van der Waals surface area contributed by atoms with Gasteiger partial charge in [0.1, 0.15) is 10.6 Å². The lowest BCUT2D eigenvalue weighted by molar-refractivity contribution is 0.0696. The number of aromatic carboxylic acids is 2. The van der Waals surface area contributed by atoms with Crippen LogP contribution in [-0.2, 0) is 10.7 Å². The van der Waals surface area contributed by atoms with Crippen LogP contribution in [0.1, 0.15) is 53.8 Å². The van der Waals surface area contributed by atoms with Gasteiger partial charge in [-0.1, -0.05) is 26.5 Å². The third kappa shape index (κ3) is 7.74. The number of nitrogens with two attached hydrogens (primary N) is 1. The van der Waals surface area contributed by atoms with Gasteiger partial charge < -0.3 is 15.9 Å². The molecule has 0 aliphatic carbocycles. The molecule has 12 heteroatoms. The van der Waals surface area contributed by atoms with Gasteiger partial charge in [-0.15, -0.1) is 10.2 Å². The van der Waals surface area contributed by atoms with Gasteiger partial charge in [0.15, 0.2) is 16.5 Å². The number of unbranched alkanes of at least 4 members (excludes halogenated alkanes) is 1. The molecule has 0 spiro atoms. The monoisotopic (exact) mass is 503 g/mol. The highest BCUT2D eigenvalue weighted by Gasteiger charge is 2.20. The minimum absolute atomic E-state index is 0.0205. The molecule has 1 aromatic carbocycles. The van der Waals surface area contributed by atoms with Crippen molar-refractivity contribution in [3.63, 3.8) is 0 Å². The SMILES string of the molecule is C=C/C(=C(N=NC(/C(CCCC)=N\C)=C(/C)N)\N(C=C)c1cc(C(=O)O)cc(C(=O)O)c1)[SH](=O)=O. The summed E-state index contributed by atoms with van der Waals surface area (Å²) in [6.07, 6.45) is 4.44. The Bertz CT molecular complexity index is 1170. The van der Waals surface area contributed by atoms with Crippen molar-refractivity contribution in [2.45, 2.75) is 33.1 Å². The van der Waals surface area contributed by atoms with Crippen LogP contribution in [0.5, 0.6) is 0 Å². The third-order valence-electron chi connectivity index (χ3n) is 4.65. The molecule has 11 nitrogen and oxygen atoms in total. The first-order valence-corrected chi connectivity index (χ1v) is 11.6. The van der Waals surface area contributed by atoms with Crippen molar-refractivity contribution >= 4 is 34.0 Å². The predicted molar refractivity (Wildman–Crippen MR) is 135 cm³/mol. The van der Waals surface area contributed by atoms with E-state index in [0.717, 1.165) is 48.2 Å². The van der Waals surface area contributed by atoms with Crippen molar-refractivity contribution in [1.29, 1.82) is 0 Å². The molecule has 0 aliphatic heterocycles. The summed E-state index contributed by atoms with van der Waals surface area (Å²) in [5.41, 5.74) is 6.40. The maximum Gasteiger partial charge on any atom is 0.335 e. The Balaban J connectivity index is 3.87. The summed E-state index contributed by atoms with van der Waals surface area (Å²) in [5, 5.41) is 27.1. The number of hydrogen-bond acceptors (Lipinski definition) is 9. The summed E-state index contributed by atoms with van der Waals surface area (Å²) >= 11 is 0. The highest BCUT2D eigenvalue weighted by molar-refractivity contribution is 7.77. The molecule has 0 radical (unpaired) electrons. The molecule has 35 heavy (non-hydrogen) atoms. The van der Waals surface area contributed by atoms with Crippen LogP contribution in [0.2, 0.25) is 0 Å². The van der Waals surface area contributed by atoms with E-state index in [-0.39, 0.29) is 33.2 Å². The molecule has 0 saturated heterocycles. The summed E-state index contributed by atoms with van der Waals surface area (Å²) in [4.78, 5) is 28.1. The van der Waals surface area contributed by atoms with Gasteiger partial charge in [-0.2, -0.15) is 0 Å². The largest absolute Gasteiger partial charge is 0.478 e. The molecule has 0 aromatic heterocycles. The number of benzene rings is 1. The number of carboxylic acids is 2. The highest BCUT2D eigenvalue weighted by Crippen LogP contribution is 2.28. The Hall–Kier alpha value is -4.06. The number of thiol groups is 1. The number of allylic oxidation sites excluding steroid dienone is 3. The van der Waals surface area contributed by atoms with Crippen molar-refractivity contribution in [2.24, 2.45) is 21.0 Å². The molecule has 0 atom stereocenters. The van der Waals surface area contributed by atoms with E-state index in [1.807, 2.05) is 6.92 Å². The normalized spacial score (nSPS) is 13.3. The zero-order valence-corrected chi connectivity index (χ0v) is 20.7. The van der Waals surface area contributed by atoms with Gasteiger partial charge in [0.05, 0.1) is 16.8 Å². The second kappa shape index (κ2) is 13.6. The van der Waals surface area contributed by atoms with Gasteiger partial charge >= 0.3 is 11.9 Å². The molecule has 4 N–H and O–H groups in total. The van der Waals surface area contributed by atoms with Crippen LogP contribution in [0.4, 0.5) is 5.69 Å². The van der Waals surface area contributed by atoms with Gasteiger partial charge in [0.25, 0.3) is 0 Å². The quantitative estimate of drug-likeness (QED) is 0.136. The highest BCUT2D eigenvalue weighted by atomic mass is 32.2. The van der Waals surface area contributed by atoms with E-state index >= 15 is 0 Å². The zero-order valence-electron chi connectivity index (χ0n) is 19.8. The Labute approximate surface area is 205 Å². The van der Waals surface area contributed by atoms with Crippen molar-refractivity contribution in [2.75, 3.05) is 11.9 Å². The van der Waals surface area contributed by atoms with Crippen LogP contribution >= 0.6 is 0 Å². The van der Waals surface area contributed by atoms with E-state index in [9.17, 15) is 28.2 Å². The van der Waals surface area contributed by atoms with E-state index in [1.54, 1.807) is 14.0 Å². The number of anilines is 1. The fraction of sp³-hybridized carbons (Fsp3) is 0.261. The molecule has 0 heterocycles. The maximum absolute atomic E-state index is 12.0. The number of azo groups is 1. The Morgan fingerprint density at radius 2 is 1.69 bits per heavy atom. The molecule has 1 aromatic rings. The van der Waals surface area contributed by atoms with Crippen LogP contribution in [0.3, 0.4) is 0 Å². The molecule has 188 valence electrons. The topological polar surface area (TPSA) is 175 Å². The molecule has 0 saturated carbocycles. The molecule has 0 unspecified atom stereocenters. The predicted octanol–water partition coefficient (Wildman–Crippen LogP) is 3.90. The Morgan fingerprint density at radius 1 is 1.11 bits per heavy atom. The van der Waals surface area contributed by atoms with Gasteiger partial charge in [0.2, 0.25) is 0 Å². The fourth-order valence-electron chi connectivity index (χ4n) is 2.92. The lowest BCUT2D eigenvalue weighted by Crippen LogP contribution is -2.18. The average molecular weight is 504 g/mol. The number of rotatable bonds is 13. The molecule has 1 rings (SSSR count). The summed E-state index contributed by atoms with van der Waals surface area (Å²) in [6, 6.07) is 3.27. The number of aliphatic imine (C=N–C) groups is 1.